The van der Waals surface area contributed by atoms with E-state index in [1.165, 1.54) is 12.0 Å². The summed E-state index contributed by atoms with van der Waals surface area (Å²) in [4.78, 5) is 0. The first-order chi connectivity index (χ1) is 7.32. The monoisotopic (exact) mass is 211 g/mol. The van der Waals surface area contributed by atoms with Crippen molar-refractivity contribution in [3.8, 4) is 0 Å². The molecule has 0 saturated heterocycles. The molecule has 0 bridgehead atoms. The third-order valence-corrected chi connectivity index (χ3v) is 3.75. The number of rotatable bonds is 4. The van der Waals surface area contributed by atoms with Crippen molar-refractivity contribution >= 4 is 0 Å². The smallest absolute Gasteiger partial charge is 0.0876 e. The molecule has 1 aliphatic carbocycles. The van der Waals surface area contributed by atoms with Crippen LogP contribution in [0.3, 0.4) is 0 Å². The lowest BCUT2D eigenvalue weighted by Gasteiger charge is -2.47. The molecule has 1 unspecified atom stereocenters. The van der Waals surface area contributed by atoms with Crippen molar-refractivity contribution in [1.82, 2.24) is 5.32 Å². The van der Waals surface area contributed by atoms with Crippen LogP contribution in [-0.2, 0) is 9.47 Å². The fraction of sp³-hybridized carbons (Fsp3) is 0.833. The van der Waals surface area contributed by atoms with Crippen molar-refractivity contribution in [3.05, 3.63) is 11.8 Å². The van der Waals surface area contributed by atoms with Crippen LogP contribution < -0.4 is 5.32 Å². The van der Waals surface area contributed by atoms with Gasteiger partial charge in [-0.2, -0.15) is 0 Å². The van der Waals surface area contributed by atoms with Crippen LogP contribution >= 0.6 is 0 Å². The average Bonchev–Trinajstić information content (AvgIpc) is 2.24. The van der Waals surface area contributed by atoms with Crippen LogP contribution in [0.4, 0.5) is 0 Å². The van der Waals surface area contributed by atoms with E-state index in [9.17, 15) is 0 Å². The topological polar surface area (TPSA) is 30.5 Å². The third kappa shape index (κ3) is 1.91. The highest BCUT2D eigenvalue weighted by molar-refractivity contribution is 5.19. The predicted octanol–water partition coefficient (Wildman–Crippen LogP) is 1.84. The van der Waals surface area contributed by atoms with Gasteiger partial charge in [0.15, 0.2) is 0 Å². The summed E-state index contributed by atoms with van der Waals surface area (Å²) < 4.78 is 11.1. The molecule has 1 N–H and O–H groups in total. The molecule has 2 rings (SSSR count). The summed E-state index contributed by atoms with van der Waals surface area (Å²) in [5, 5.41) is 3.39. The molecule has 0 aromatic carbocycles. The Hall–Kier alpha value is -0.540. The lowest BCUT2D eigenvalue weighted by molar-refractivity contribution is -0.0901. The maximum absolute atomic E-state index is 5.72. The first kappa shape index (κ1) is 11.0. The molecule has 0 spiro atoms. The normalized spacial score (nSPS) is 26.1. The summed E-state index contributed by atoms with van der Waals surface area (Å²) in [7, 11) is 3.84. The van der Waals surface area contributed by atoms with E-state index in [2.05, 4.69) is 5.32 Å². The Morgan fingerprint density at radius 2 is 2.27 bits per heavy atom. The molecular formula is C12H21NO2. The molecular weight excluding hydrogens is 190 g/mol. The van der Waals surface area contributed by atoms with Gasteiger partial charge in [-0.3, -0.25) is 0 Å². The molecule has 1 fully saturated rings. The molecule has 1 aliphatic heterocycles. The van der Waals surface area contributed by atoms with Crippen LogP contribution in [0.15, 0.2) is 11.8 Å². The zero-order valence-electron chi connectivity index (χ0n) is 9.71. The summed E-state index contributed by atoms with van der Waals surface area (Å²) in [5.74, 6) is 0. The number of likely N-dealkylation sites (N-methyl/N-ethyl adjacent to an activating group) is 1. The van der Waals surface area contributed by atoms with Gasteiger partial charge >= 0.3 is 0 Å². The highest BCUT2D eigenvalue weighted by atomic mass is 16.5. The van der Waals surface area contributed by atoms with E-state index in [0.29, 0.717) is 6.04 Å². The van der Waals surface area contributed by atoms with Crippen LogP contribution in [0.1, 0.15) is 32.1 Å². The van der Waals surface area contributed by atoms with Gasteiger partial charge < -0.3 is 14.8 Å². The second-order valence-corrected chi connectivity index (χ2v) is 4.51. The van der Waals surface area contributed by atoms with E-state index < -0.39 is 0 Å². The number of ether oxygens (including phenoxy) is 2. The second kappa shape index (κ2) is 4.54. The van der Waals surface area contributed by atoms with Crippen molar-refractivity contribution in [1.29, 1.82) is 0 Å². The van der Waals surface area contributed by atoms with Crippen LogP contribution in [0.25, 0.3) is 0 Å². The number of nitrogens with one attached hydrogen (secondary N) is 1. The fourth-order valence-corrected chi connectivity index (χ4v) is 2.72. The minimum absolute atomic E-state index is 0.0291. The second-order valence-electron chi connectivity index (χ2n) is 4.51. The average molecular weight is 211 g/mol. The minimum Gasteiger partial charge on any atom is -0.501 e. The third-order valence-electron chi connectivity index (χ3n) is 3.75. The number of hydrogen-bond acceptors (Lipinski definition) is 3. The van der Waals surface area contributed by atoms with Gasteiger partial charge in [0.25, 0.3) is 0 Å². The summed E-state index contributed by atoms with van der Waals surface area (Å²) in [5.41, 5.74) is 1.40. The highest BCUT2D eigenvalue weighted by Crippen LogP contribution is 2.41. The van der Waals surface area contributed by atoms with E-state index in [4.69, 9.17) is 9.47 Å². The standard InChI is InChI=1S/C12H21NO2/c1-13-11(10-5-3-8-15-9-10)12(14-2)6-4-7-12/h9,11,13H,3-8H2,1-2H3. The van der Waals surface area contributed by atoms with Crippen molar-refractivity contribution in [2.75, 3.05) is 20.8 Å². The Morgan fingerprint density at radius 3 is 2.67 bits per heavy atom. The number of methoxy groups -OCH3 is 1. The number of hydrogen-bond donors (Lipinski definition) is 1. The van der Waals surface area contributed by atoms with E-state index >= 15 is 0 Å². The van der Waals surface area contributed by atoms with Crippen LogP contribution in [0.2, 0.25) is 0 Å². The SMILES string of the molecule is CNC(C1=COCCC1)C1(OC)CCC1. The lowest BCUT2D eigenvalue weighted by Crippen LogP contribution is -2.56. The van der Waals surface area contributed by atoms with Crippen LogP contribution in [-0.4, -0.2) is 32.4 Å². The molecule has 86 valence electrons. The van der Waals surface area contributed by atoms with Crippen LogP contribution in [0, 0.1) is 0 Å². The first-order valence-electron chi connectivity index (χ1n) is 5.85. The summed E-state index contributed by atoms with van der Waals surface area (Å²) >= 11 is 0. The van der Waals surface area contributed by atoms with Gasteiger partial charge in [-0.15, -0.1) is 0 Å². The van der Waals surface area contributed by atoms with Gasteiger partial charge in [0.1, 0.15) is 0 Å². The maximum atomic E-state index is 5.72. The summed E-state index contributed by atoms with van der Waals surface area (Å²) in [6, 6.07) is 0.330. The molecule has 1 atom stereocenters. The Morgan fingerprint density at radius 1 is 1.47 bits per heavy atom. The predicted molar refractivity (Wildman–Crippen MR) is 59.7 cm³/mol. The summed E-state index contributed by atoms with van der Waals surface area (Å²) in [6.45, 7) is 0.861. The summed E-state index contributed by atoms with van der Waals surface area (Å²) in [6.07, 6.45) is 7.79. The molecule has 3 heteroatoms. The van der Waals surface area contributed by atoms with Crippen molar-refractivity contribution in [2.45, 2.75) is 43.7 Å². The molecule has 0 aromatic rings. The Balaban J connectivity index is 2.11. The lowest BCUT2D eigenvalue weighted by atomic mass is 9.71. The molecule has 0 aromatic heterocycles. The van der Waals surface area contributed by atoms with Crippen molar-refractivity contribution < 1.29 is 9.47 Å². The Bertz CT molecular complexity index is 240. The molecule has 2 aliphatic rings. The quantitative estimate of drug-likeness (QED) is 0.769. The van der Waals surface area contributed by atoms with E-state index in [0.717, 1.165) is 32.3 Å². The fourth-order valence-electron chi connectivity index (χ4n) is 2.72. The minimum atomic E-state index is 0.0291. The largest absolute Gasteiger partial charge is 0.501 e. The molecule has 1 heterocycles. The van der Waals surface area contributed by atoms with Gasteiger partial charge in [-0.25, -0.2) is 0 Å². The van der Waals surface area contributed by atoms with Crippen molar-refractivity contribution in [2.24, 2.45) is 0 Å². The van der Waals surface area contributed by atoms with Gasteiger partial charge in [-0.1, -0.05) is 0 Å². The Kier molecular flexibility index (Phi) is 3.32. The van der Waals surface area contributed by atoms with Gasteiger partial charge in [0.2, 0.25) is 0 Å². The van der Waals surface area contributed by atoms with Gasteiger partial charge in [0.05, 0.1) is 24.5 Å². The van der Waals surface area contributed by atoms with Gasteiger partial charge in [0, 0.05) is 7.11 Å². The first-order valence-corrected chi connectivity index (χ1v) is 5.85. The zero-order valence-corrected chi connectivity index (χ0v) is 9.71. The molecule has 15 heavy (non-hydrogen) atoms. The van der Waals surface area contributed by atoms with Crippen molar-refractivity contribution in [3.63, 3.8) is 0 Å². The molecule has 0 radical (unpaired) electrons. The van der Waals surface area contributed by atoms with Crippen LogP contribution in [0.5, 0.6) is 0 Å². The molecule has 0 amide bonds. The maximum Gasteiger partial charge on any atom is 0.0876 e. The highest BCUT2D eigenvalue weighted by Gasteiger charge is 2.45. The zero-order chi connectivity index (χ0) is 10.7. The molecule has 1 saturated carbocycles. The van der Waals surface area contributed by atoms with E-state index in [1.54, 1.807) is 0 Å². The van der Waals surface area contributed by atoms with Gasteiger partial charge in [-0.05, 0) is 44.7 Å². The van der Waals surface area contributed by atoms with E-state index in [-0.39, 0.29) is 5.60 Å². The van der Waals surface area contributed by atoms with E-state index in [1.807, 2.05) is 20.4 Å². The Labute approximate surface area is 91.8 Å². The molecule has 3 nitrogen and oxygen atoms in total.